The van der Waals surface area contributed by atoms with Crippen LogP contribution in [0.5, 0.6) is 5.75 Å². The molecule has 0 bridgehead atoms. The third kappa shape index (κ3) is 7.93. The van der Waals surface area contributed by atoms with E-state index in [0.29, 0.717) is 12.2 Å². The smallest absolute Gasteiger partial charge is 0.261 e. The summed E-state index contributed by atoms with van der Waals surface area (Å²) in [7, 11) is 0. The molecule has 0 aliphatic heterocycles. The van der Waals surface area contributed by atoms with Gasteiger partial charge in [-0.2, -0.15) is 0 Å². The molecule has 1 N–H and O–H groups in total. The number of nitrogens with one attached hydrogen (secondary N) is 1. The maximum atomic E-state index is 13.9. The molecular formula is C32H32Br2N2O3. The number of amides is 2. The average molecular weight is 652 g/mol. The second-order valence-electron chi connectivity index (χ2n) is 10.5. The summed E-state index contributed by atoms with van der Waals surface area (Å²) in [4.78, 5) is 29.2. The largest absolute Gasteiger partial charge is 0.483 e. The van der Waals surface area contributed by atoms with Crippen LogP contribution in [0.25, 0.3) is 10.8 Å². The molecule has 1 atom stereocenters. The van der Waals surface area contributed by atoms with E-state index in [0.717, 1.165) is 30.8 Å². The molecule has 0 saturated heterocycles. The van der Waals surface area contributed by atoms with Crippen molar-refractivity contribution in [2.75, 3.05) is 6.61 Å². The number of carbonyl (C=O) groups excluding carboxylic acids is 2. The SMILES string of the molecule is CC(C)(C)NC(=O)[C@H](Cc1ccccc1)N(Cc1ccc(Br)cc1)C(=O)COc1ccc2ccccc2c1Br. The topological polar surface area (TPSA) is 58.6 Å². The Bertz CT molecular complexity index is 1430. The van der Waals surface area contributed by atoms with Gasteiger partial charge in [-0.05, 0) is 76.8 Å². The Labute approximate surface area is 246 Å². The van der Waals surface area contributed by atoms with Crippen molar-refractivity contribution < 1.29 is 14.3 Å². The van der Waals surface area contributed by atoms with Crippen molar-refractivity contribution in [2.24, 2.45) is 0 Å². The van der Waals surface area contributed by atoms with Gasteiger partial charge >= 0.3 is 0 Å². The van der Waals surface area contributed by atoms with Crippen molar-refractivity contribution in [3.8, 4) is 5.75 Å². The van der Waals surface area contributed by atoms with Gasteiger partial charge in [0.15, 0.2) is 6.61 Å². The average Bonchev–Trinajstić information content (AvgIpc) is 2.91. The standard InChI is InChI=1S/C32H32Br2N2O3/c1-32(2,3)35-31(38)27(19-22-9-5-4-6-10-22)36(20-23-13-16-25(33)17-14-23)29(37)21-39-28-18-15-24-11-7-8-12-26(24)30(28)34/h4-18,27H,19-21H2,1-3H3,(H,35,38)/t27-/m0/s1. The summed E-state index contributed by atoms with van der Waals surface area (Å²) in [5.41, 5.74) is 1.43. The molecule has 0 saturated carbocycles. The predicted molar refractivity (Wildman–Crippen MR) is 164 cm³/mol. The highest BCUT2D eigenvalue weighted by atomic mass is 79.9. The van der Waals surface area contributed by atoms with Gasteiger partial charge in [0.1, 0.15) is 11.8 Å². The second kappa shape index (κ2) is 12.8. The van der Waals surface area contributed by atoms with Gasteiger partial charge in [0.05, 0.1) is 4.47 Å². The fraction of sp³-hybridized carbons (Fsp3) is 0.250. The Morgan fingerprint density at radius 2 is 1.51 bits per heavy atom. The van der Waals surface area contributed by atoms with Gasteiger partial charge in [0.25, 0.3) is 5.91 Å². The Morgan fingerprint density at radius 3 is 2.21 bits per heavy atom. The number of hydrogen-bond acceptors (Lipinski definition) is 3. The van der Waals surface area contributed by atoms with Crippen LogP contribution in [0.1, 0.15) is 31.9 Å². The predicted octanol–water partition coefficient (Wildman–Crippen LogP) is 7.30. The van der Waals surface area contributed by atoms with Crippen molar-refractivity contribution in [3.05, 3.63) is 111 Å². The number of carbonyl (C=O) groups is 2. The zero-order chi connectivity index (χ0) is 28.0. The van der Waals surface area contributed by atoms with Gasteiger partial charge in [0, 0.05) is 23.0 Å². The molecule has 0 fully saturated rings. The van der Waals surface area contributed by atoms with E-state index in [9.17, 15) is 9.59 Å². The van der Waals surface area contributed by atoms with Gasteiger partial charge in [-0.1, -0.05) is 88.7 Å². The van der Waals surface area contributed by atoms with Gasteiger partial charge in [0.2, 0.25) is 5.91 Å². The first-order valence-corrected chi connectivity index (χ1v) is 14.4. The van der Waals surface area contributed by atoms with Crippen molar-refractivity contribution in [1.29, 1.82) is 0 Å². The lowest BCUT2D eigenvalue weighted by Crippen LogP contribution is -2.55. The fourth-order valence-corrected chi connectivity index (χ4v) is 5.21. The van der Waals surface area contributed by atoms with Crippen molar-refractivity contribution >= 4 is 54.4 Å². The number of nitrogens with zero attached hydrogens (tertiary/aromatic N) is 1. The third-order valence-electron chi connectivity index (χ3n) is 6.21. The summed E-state index contributed by atoms with van der Waals surface area (Å²) in [5.74, 6) is 0.0936. The molecule has 0 aromatic heterocycles. The van der Waals surface area contributed by atoms with Crippen LogP contribution in [0.2, 0.25) is 0 Å². The van der Waals surface area contributed by atoms with Gasteiger partial charge < -0.3 is 15.0 Å². The lowest BCUT2D eigenvalue weighted by molar-refractivity contribution is -0.143. The van der Waals surface area contributed by atoms with E-state index in [1.54, 1.807) is 4.90 Å². The van der Waals surface area contributed by atoms with Gasteiger partial charge in [-0.3, -0.25) is 9.59 Å². The van der Waals surface area contributed by atoms with E-state index in [1.165, 1.54) is 0 Å². The van der Waals surface area contributed by atoms with Crippen LogP contribution in [0.4, 0.5) is 0 Å². The van der Waals surface area contributed by atoms with Crippen LogP contribution in [0.3, 0.4) is 0 Å². The lowest BCUT2D eigenvalue weighted by Gasteiger charge is -2.33. The molecule has 202 valence electrons. The molecule has 0 spiro atoms. The molecule has 0 aliphatic rings. The Morgan fingerprint density at radius 1 is 0.846 bits per heavy atom. The normalized spacial score (nSPS) is 12.1. The van der Waals surface area contributed by atoms with Crippen LogP contribution in [0.15, 0.2) is 99.9 Å². The van der Waals surface area contributed by atoms with E-state index < -0.39 is 11.6 Å². The van der Waals surface area contributed by atoms with Crippen molar-refractivity contribution in [2.45, 2.75) is 45.3 Å². The van der Waals surface area contributed by atoms with Crippen molar-refractivity contribution in [3.63, 3.8) is 0 Å². The minimum atomic E-state index is -0.730. The summed E-state index contributed by atoms with van der Waals surface area (Å²) >= 11 is 7.12. The van der Waals surface area contributed by atoms with Crippen LogP contribution in [-0.4, -0.2) is 34.9 Å². The highest BCUT2D eigenvalue weighted by molar-refractivity contribution is 9.11. The van der Waals surface area contributed by atoms with Crippen LogP contribution in [-0.2, 0) is 22.6 Å². The third-order valence-corrected chi connectivity index (χ3v) is 7.56. The maximum Gasteiger partial charge on any atom is 0.261 e. The quantitative estimate of drug-likeness (QED) is 0.207. The summed E-state index contributed by atoms with van der Waals surface area (Å²) in [6, 6.07) is 28.6. The van der Waals surface area contributed by atoms with Gasteiger partial charge in [-0.15, -0.1) is 0 Å². The zero-order valence-electron chi connectivity index (χ0n) is 22.3. The monoisotopic (exact) mass is 650 g/mol. The highest BCUT2D eigenvalue weighted by Gasteiger charge is 2.32. The first-order chi connectivity index (χ1) is 18.6. The van der Waals surface area contributed by atoms with Crippen LogP contribution >= 0.6 is 31.9 Å². The number of fused-ring (bicyclic) bond motifs is 1. The molecule has 4 aromatic rings. The molecule has 0 unspecified atom stereocenters. The molecule has 0 aliphatic carbocycles. The molecule has 0 radical (unpaired) electrons. The first-order valence-electron chi connectivity index (χ1n) is 12.8. The molecule has 7 heteroatoms. The van der Waals surface area contributed by atoms with E-state index >= 15 is 0 Å². The summed E-state index contributed by atoms with van der Waals surface area (Å²) in [5, 5.41) is 5.16. The maximum absolute atomic E-state index is 13.9. The minimum Gasteiger partial charge on any atom is -0.483 e. The van der Waals surface area contributed by atoms with Crippen molar-refractivity contribution in [1.82, 2.24) is 10.2 Å². The van der Waals surface area contributed by atoms with E-state index in [4.69, 9.17) is 4.74 Å². The number of hydrogen-bond donors (Lipinski definition) is 1. The Kier molecular flexibility index (Phi) is 9.46. The number of benzene rings is 4. The second-order valence-corrected chi connectivity index (χ2v) is 12.2. The lowest BCUT2D eigenvalue weighted by atomic mass is 10.0. The van der Waals surface area contributed by atoms with E-state index in [2.05, 4.69) is 37.2 Å². The number of halogens is 2. The molecule has 4 rings (SSSR count). The molecule has 2 amide bonds. The number of ether oxygens (including phenoxy) is 1. The summed E-state index contributed by atoms with van der Waals surface area (Å²) in [6.45, 7) is 5.87. The zero-order valence-corrected chi connectivity index (χ0v) is 25.5. The summed E-state index contributed by atoms with van der Waals surface area (Å²) < 4.78 is 7.78. The molecule has 4 aromatic carbocycles. The van der Waals surface area contributed by atoms with E-state index in [-0.39, 0.29) is 25.0 Å². The minimum absolute atomic E-state index is 0.205. The highest BCUT2D eigenvalue weighted by Crippen LogP contribution is 2.33. The van der Waals surface area contributed by atoms with Gasteiger partial charge in [-0.25, -0.2) is 0 Å². The molecule has 5 nitrogen and oxygen atoms in total. The van der Waals surface area contributed by atoms with Crippen LogP contribution < -0.4 is 10.1 Å². The Balaban J connectivity index is 1.65. The Hall–Kier alpha value is -3.16. The molecule has 39 heavy (non-hydrogen) atoms. The molecule has 0 heterocycles. The fourth-order valence-electron chi connectivity index (χ4n) is 4.34. The molecular weight excluding hydrogens is 620 g/mol. The first kappa shape index (κ1) is 28.8. The van der Waals surface area contributed by atoms with Crippen LogP contribution in [0, 0.1) is 0 Å². The van der Waals surface area contributed by atoms with E-state index in [1.807, 2.05) is 112 Å². The summed E-state index contributed by atoms with van der Waals surface area (Å²) in [6.07, 6.45) is 0.380. The number of rotatable bonds is 9.